The van der Waals surface area contributed by atoms with Crippen molar-refractivity contribution in [2.24, 2.45) is 0 Å². The second-order valence-electron chi connectivity index (χ2n) is 7.10. The van der Waals surface area contributed by atoms with Gasteiger partial charge in [-0.25, -0.2) is 9.67 Å². The number of carbonyl (C=O) groups excluding carboxylic acids is 1. The highest BCUT2D eigenvalue weighted by atomic mass is 32.1. The van der Waals surface area contributed by atoms with E-state index in [-0.39, 0.29) is 17.9 Å². The van der Waals surface area contributed by atoms with E-state index in [0.717, 1.165) is 28.1 Å². The van der Waals surface area contributed by atoms with Crippen LogP contribution in [0.4, 0.5) is 13.2 Å². The van der Waals surface area contributed by atoms with Crippen LogP contribution in [0.1, 0.15) is 26.8 Å². The summed E-state index contributed by atoms with van der Waals surface area (Å²) in [6.07, 6.45) is -4.63. The molecule has 0 bridgehead atoms. The Kier molecular flexibility index (Phi) is 6.10. The SMILES string of the molecule is Cc1cc(=O)c(C(=O)NCc2nc(-c3ccccc3)cs2)nn1-c1ccccc1C(F)(F)F. The predicted molar refractivity (Wildman–Crippen MR) is 118 cm³/mol. The molecule has 2 heterocycles. The zero-order valence-corrected chi connectivity index (χ0v) is 18.1. The van der Waals surface area contributed by atoms with Gasteiger partial charge >= 0.3 is 6.18 Å². The molecule has 0 saturated carbocycles. The van der Waals surface area contributed by atoms with Gasteiger partial charge in [0.25, 0.3) is 5.91 Å². The highest BCUT2D eigenvalue weighted by molar-refractivity contribution is 7.09. The molecule has 2 aromatic heterocycles. The molecule has 0 fully saturated rings. The number of nitrogens with zero attached hydrogens (tertiary/aromatic N) is 3. The number of nitrogens with one attached hydrogen (secondary N) is 1. The Morgan fingerprint density at radius 1 is 1.09 bits per heavy atom. The van der Waals surface area contributed by atoms with Crippen molar-refractivity contribution in [1.29, 1.82) is 0 Å². The van der Waals surface area contributed by atoms with Crippen LogP contribution in [0.25, 0.3) is 16.9 Å². The minimum Gasteiger partial charge on any atom is -0.344 e. The lowest BCUT2D eigenvalue weighted by Crippen LogP contribution is -2.32. The molecule has 0 aliphatic carbocycles. The number of halogens is 3. The fourth-order valence-corrected chi connectivity index (χ4v) is 3.96. The maximum absolute atomic E-state index is 13.4. The zero-order valence-electron chi connectivity index (χ0n) is 17.3. The summed E-state index contributed by atoms with van der Waals surface area (Å²) >= 11 is 1.34. The van der Waals surface area contributed by atoms with E-state index in [1.165, 1.54) is 36.5 Å². The van der Waals surface area contributed by atoms with E-state index in [4.69, 9.17) is 0 Å². The van der Waals surface area contributed by atoms with Crippen molar-refractivity contribution in [3.63, 3.8) is 0 Å². The molecule has 2 aromatic carbocycles. The molecule has 0 radical (unpaired) electrons. The summed E-state index contributed by atoms with van der Waals surface area (Å²) in [6.45, 7) is 1.49. The number of para-hydroxylation sites is 1. The standard InChI is InChI=1S/C23H17F3N4O2S/c1-14-11-19(31)21(29-30(14)18-10-6-5-9-16(18)23(24,25)26)22(32)27-12-20-28-17(13-33-20)15-7-3-2-4-8-15/h2-11,13H,12H2,1H3,(H,27,32). The highest BCUT2D eigenvalue weighted by Gasteiger charge is 2.34. The number of thiazole rings is 1. The number of aryl methyl sites for hydroxylation is 1. The third kappa shape index (κ3) is 4.85. The quantitative estimate of drug-likeness (QED) is 0.462. The van der Waals surface area contributed by atoms with Gasteiger partial charge in [0, 0.05) is 22.7 Å². The molecule has 1 N–H and O–H groups in total. The number of hydrogen-bond donors (Lipinski definition) is 1. The number of benzene rings is 2. The molecule has 4 rings (SSSR count). The maximum atomic E-state index is 13.4. The molecule has 0 aliphatic rings. The lowest BCUT2D eigenvalue weighted by molar-refractivity contribution is -0.137. The van der Waals surface area contributed by atoms with Crippen molar-refractivity contribution in [3.05, 3.63) is 98.2 Å². The van der Waals surface area contributed by atoms with Crippen LogP contribution in [0.15, 0.2) is 70.8 Å². The van der Waals surface area contributed by atoms with Gasteiger partial charge in [-0.2, -0.15) is 18.3 Å². The van der Waals surface area contributed by atoms with Gasteiger partial charge in [0.15, 0.2) is 5.69 Å². The van der Waals surface area contributed by atoms with E-state index < -0.39 is 28.8 Å². The van der Waals surface area contributed by atoms with E-state index in [0.29, 0.717) is 5.01 Å². The molecule has 0 atom stereocenters. The Morgan fingerprint density at radius 3 is 2.52 bits per heavy atom. The summed E-state index contributed by atoms with van der Waals surface area (Å²) in [6, 6.07) is 15.4. The van der Waals surface area contributed by atoms with Gasteiger partial charge < -0.3 is 5.32 Å². The van der Waals surface area contributed by atoms with Crippen molar-refractivity contribution < 1.29 is 18.0 Å². The fraction of sp³-hybridized carbons (Fsp3) is 0.130. The molecule has 33 heavy (non-hydrogen) atoms. The largest absolute Gasteiger partial charge is 0.418 e. The monoisotopic (exact) mass is 470 g/mol. The number of hydrogen-bond acceptors (Lipinski definition) is 5. The number of alkyl halides is 3. The van der Waals surface area contributed by atoms with Gasteiger partial charge in [-0.1, -0.05) is 42.5 Å². The van der Waals surface area contributed by atoms with Crippen molar-refractivity contribution in [1.82, 2.24) is 20.1 Å². The van der Waals surface area contributed by atoms with Crippen LogP contribution in [0.5, 0.6) is 0 Å². The number of aromatic nitrogens is 3. The van der Waals surface area contributed by atoms with Crippen molar-refractivity contribution >= 4 is 17.2 Å². The summed E-state index contributed by atoms with van der Waals surface area (Å²) in [5.74, 6) is -0.797. The van der Waals surface area contributed by atoms with E-state index in [1.54, 1.807) is 0 Å². The molecule has 168 valence electrons. The second-order valence-corrected chi connectivity index (χ2v) is 8.04. The molecule has 0 saturated heterocycles. The van der Waals surface area contributed by atoms with Gasteiger partial charge in [0.05, 0.1) is 23.5 Å². The van der Waals surface area contributed by atoms with Gasteiger partial charge in [0.2, 0.25) is 5.43 Å². The van der Waals surface area contributed by atoms with Gasteiger partial charge in [-0.15, -0.1) is 11.3 Å². The summed E-state index contributed by atoms with van der Waals surface area (Å²) in [5, 5.41) is 8.99. The molecule has 0 spiro atoms. The second kappa shape index (κ2) is 8.99. The summed E-state index contributed by atoms with van der Waals surface area (Å²) in [7, 11) is 0. The first-order chi connectivity index (χ1) is 15.7. The summed E-state index contributed by atoms with van der Waals surface area (Å²) in [5.41, 5.74) is -0.536. The fourth-order valence-electron chi connectivity index (χ4n) is 3.22. The Morgan fingerprint density at radius 2 is 1.79 bits per heavy atom. The minimum atomic E-state index is -4.63. The number of rotatable bonds is 5. The third-order valence-corrected chi connectivity index (χ3v) is 5.63. The molecule has 6 nitrogen and oxygen atoms in total. The van der Waals surface area contributed by atoms with Crippen molar-refractivity contribution in [2.45, 2.75) is 19.6 Å². The maximum Gasteiger partial charge on any atom is 0.418 e. The summed E-state index contributed by atoms with van der Waals surface area (Å²) in [4.78, 5) is 29.5. The Bertz CT molecular complexity index is 1360. The highest BCUT2D eigenvalue weighted by Crippen LogP contribution is 2.33. The number of carbonyl (C=O) groups is 1. The average molecular weight is 470 g/mol. The van der Waals surface area contributed by atoms with E-state index in [2.05, 4.69) is 15.4 Å². The molecule has 0 unspecified atom stereocenters. The Balaban J connectivity index is 1.59. The Labute approximate surface area is 190 Å². The van der Waals surface area contributed by atoms with E-state index in [1.807, 2.05) is 35.7 Å². The first kappa shape index (κ1) is 22.4. The topological polar surface area (TPSA) is 76.9 Å². The van der Waals surface area contributed by atoms with Gasteiger partial charge in [0.1, 0.15) is 5.01 Å². The predicted octanol–water partition coefficient (Wildman–Crippen LogP) is 4.61. The smallest absolute Gasteiger partial charge is 0.344 e. The summed E-state index contributed by atoms with van der Waals surface area (Å²) < 4.78 is 41.3. The van der Waals surface area contributed by atoms with Crippen LogP contribution in [0.2, 0.25) is 0 Å². The molecular formula is C23H17F3N4O2S. The van der Waals surface area contributed by atoms with Crippen molar-refractivity contribution in [2.75, 3.05) is 0 Å². The first-order valence-corrected chi connectivity index (χ1v) is 10.7. The third-order valence-electron chi connectivity index (χ3n) is 4.78. The van der Waals surface area contributed by atoms with Crippen LogP contribution in [-0.4, -0.2) is 20.7 Å². The lowest BCUT2D eigenvalue weighted by atomic mass is 10.1. The van der Waals surface area contributed by atoms with Crippen LogP contribution >= 0.6 is 11.3 Å². The van der Waals surface area contributed by atoms with E-state index in [9.17, 15) is 22.8 Å². The normalized spacial score (nSPS) is 11.4. The first-order valence-electron chi connectivity index (χ1n) is 9.79. The number of amides is 1. The van der Waals surface area contributed by atoms with Crippen LogP contribution in [0, 0.1) is 6.92 Å². The molecule has 4 aromatic rings. The average Bonchev–Trinajstić information content (AvgIpc) is 3.27. The molecule has 1 amide bonds. The molecular weight excluding hydrogens is 453 g/mol. The Hall–Kier alpha value is -3.79. The zero-order chi connectivity index (χ0) is 23.6. The van der Waals surface area contributed by atoms with Crippen LogP contribution < -0.4 is 10.7 Å². The van der Waals surface area contributed by atoms with Gasteiger partial charge in [-0.3, -0.25) is 9.59 Å². The molecule has 10 heteroatoms. The van der Waals surface area contributed by atoms with Crippen LogP contribution in [-0.2, 0) is 12.7 Å². The van der Waals surface area contributed by atoms with Gasteiger partial charge in [-0.05, 0) is 19.1 Å². The van der Waals surface area contributed by atoms with Crippen LogP contribution in [0.3, 0.4) is 0 Å². The lowest BCUT2D eigenvalue weighted by Gasteiger charge is -2.16. The minimum absolute atomic E-state index is 0.0461. The van der Waals surface area contributed by atoms with Crippen molar-refractivity contribution in [3.8, 4) is 16.9 Å². The van der Waals surface area contributed by atoms with E-state index >= 15 is 0 Å². The molecule has 0 aliphatic heterocycles.